The summed E-state index contributed by atoms with van der Waals surface area (Å²) >= 11 is 1.44. The van der Waals surface area contributed by atoms with Gasteiger partial charge in [-0.2, -0.15) is 0 Å². The molecule has 0 spiro atoms. The monoisotopic (exact) mass is 410 g/mol. The molecule has 1 aromatic heterocycles. The Morgan fingerprint density at radius 2 is 1.76 bits per heavy atom. The largest absolute Gasteiger partial charge is 0.493 e. The minimum atomic E-state index is -0.0926. The second-order valence-electron chi connectivity index (χ2n) is 6.99. The van der Waals surface area contributed by atoms with Crippen LogP contribution >= 0.6 is 11.3 Å². The number of hydrogen-bond donors (Lipinski definition) is 0. The van der Waals surface area contributed by atoms with Crippen LogP contribution in [0.4, 0.5) is 0 Å². The normalized spacial score (nSPS) is 14.8. The second-order valence-corrected chi connectivity index (χ2v) is 8.02. The van der Waals surface area contributed by atoms with Crippen molar-refractivity contribution in [3.8, 4) is 11.5 Å². The molecule has 7 heteroatoms. The molecule has 3 aromatic rings. The molecule has 150 valence electrons. The van der Waals surface area contributed by atoms with E-state index < -0.39 is 0 Å². The number of fused-ring (bicyclic) bond motifs is 1. The van der Waals surface area contributed by atoms with Crippen molar-refractivity contribution in [2.24, 2.45) is 5.92 Å². The lowest BCUT2D eigenvalue weighted by Crippen LogP contribution is -2.40. The van der Waals surface area contributed by atoms with Gasteiger partial charge in [0.1, 0.15) is 0 Å². The molecule has 0 unspecified atom stereocenters. The summed E-state index contributed by atoms with van der Waals surface area (Å²) in [5.41, 5.74) is 1.42. The number of para-hydroxylation sites is 1. The number of ether oxygens (including phenoxy) is 2. The molecular weight excluding hydrogens is 388 g/mol. The van der Waals surface area contributed by atoms with Crippen LogP contribution in [0, 0.1) is 5.92 Å². The third kappa shape index (κ3) is 3.82. The lowest BCUT2D eigenvalue weighted by Gasteiger charge is -2.31. The molecule has 1 aliphatic rings. The molecular formula is C22H22N2O4S. The van der Waals surface area contributed by atoms with Crippen LogP contribution in [0.1, 0.15) is 33.0 Å². The summed E-state index contributed by atoms with van der Waals surface area (Å²) in [6.07, 6.45) is 1.29. The highest BCUT2D eigenvalue weighted by Crippen LogP contribution is 2.30. The van der Waals surface area contributed by atoms with Gasteiger partial charge in [-0.25, -0.2) is 4.98 Å². The number of hydrogen-bond acceptors (Lipinski definition) is 6. The Bertz CT molecular complexity index is 1020. The number of thiazole rings is 1. The fourth-order valence-electron chi connectivity index (χ4n) is 3.65. The first-order chi connectivity index (χ1) is 14.1. The predicted molar refractivity (Wildman–Crippen MR) is 112 cm³/mol. The van der Waals surface area contributed by atoms with Gasteiger partial charge in [-0.3, -0.25) is 9.59 Å². The van der Waals surface area contributed by atoms with Crippen molar-refractivity contribution in [1.82, 2.24) is 9.88 Å². The quantitative estimate of drug-likeness (QED) is 0.594. The van der Waals surface area contributed by atoms with Gasteiger partial charge >= 0.3 is 0 Å². The zero-order valence-corrected chi connectivity index (χ0v) is 17.2. The van der Waals surface area contributed by atoms with Crippen molar-refractivity contribution in [3.05, 3.63) is 53.0 Å². The summed E-state index contributed by atoms with van der Waals surface area (Å²) < 4.78 is 11.5. The molecule has 1 fully saturated rings. The highest BCUT2D eigenvalue weighted by Gasteiger charge is 2.30. The summed E-state index contributed by atoms with van der Waals surface area (Å²) in [5.74, 6) is 1.05. The minimum Gasteiger partial charge on any atom is -0.493 e. The summed E-state index contributed by atoms with van der Waals surface area (Å²) in [4.78, 5) is 32.0. The fourth-order valence-corrected chi connectivity index (χ4v) is 4.63. The Labute approximate surface area is 173 Å². The molecule has 6 nitrogen and oxygen atoms in total. The number of carbonyl (C=O) groups excluding carboxylic acids is 2. The van der Waals surface area contributed by atoms with Gasteiger partial charge in [0, 0.05) is 24.6 Å². The van der Waals surface area contributed by atoms with Crippen LogP contribution in [-0.4, -0.2) is 48.9 Å². The van der Waals surface area contributed by atoms with Gasteiger partial charge in [0.15, 0.2) is 22.3 Å². The molecule has 2 heterocycles. The van der Waals surface area contributed by atoms with Crippen LogP contribution in [0.3, 0.4) is 0 Å². The number of methoxy groups -OCH3 is 2. The Hall–Kier alpha value is -2.93. The van der Waals surface area contributed by atoms with Crippen molar-refractivity contribution in [2.75, 3.05) is 27.3 Å². The second kappa shape index (κ2) is 8.21. The molecule has 1 saturated heterocycles. The van der Waals surface area contributed by atoms with Gasteiger partial charge in [0.25, 0.3) is 5.91 Å². The third-order valence-electron chi connectivity index (χ3n) is 5.29. The number of Topliss-reactive ketones (excluding diaryl/α,β-unsaturated/α-hetero) is 1. The van der Waals surface area contributed by atoms with E-state index in [-0.39, 0.29) is 17.6 Å². The van der Waals surface area contributed by atoms with Gasteiger partial charge in [-0.1, -0.05) is 12.1 Å². The molecule has 0 atom stereocenters. The SMILES string of the molecule is COc1ccc(C(=O)N2CCC(C(=O)c3nc4ccccc4s3)CC2)cc1OC. The number of benzene rings is 2. The van der Waals surface area contributed by atoms with E-state index in [0.29, 0.717) is 48.0 Å². The molecule has 1 aliphatic heterocycles. The zero-order valence-electron chi connectivity index (χ0n) is 16.4. The maximum absolute atomic E-state index is 12.9. The molecule has 0 aliphatic carbocycles. The van der Waals surface area contributed by atoms with Crippen LogP contribution < -0.4 is 9.47 Å². The number of likely N-dealkylation sites (tertiary alicyclic amines) is 1. The minimum absolute atomic E-state index is 0.0585. The van der Waals surface area contributed by atoms with Crippen LogP contribution in [-0.2, 0) is 0 Å². The van der Waals surface area contributed by atoms with Crippen molar-refractivity contribution in [1.29, 1.82) is 0 Å². The van der Waals surface area contributed by atoms with Crippen molar-refractivity contribution < 1.29 is 19.1 Å². The van der Waals surface area contributed by atoms with E-state index in [1.165, 1.54) is 11.3 Å². The van der Waals surface area contributed by atoms with E-state index in [1.54, 1.807) is 37.3 Å². The summed E-state index contributed by atoms with van der Waals surface area (Å²) in [5, 5.41) is 0.566. The molecule has 0 radical (unpaired) electrons. The highest BCUT2D eigenvalue weighted by atomic mass is 32.1. The maximum Gasteiger partial charge on any atom is 0.253 e. The summed E-state index contributed by atoms with van der Waals surface area (Å²) in [6, 6.07) is 12.9. The smallest absolute Gasteiger partial charge is 0.253 e. The van der Waals surface area contributed by atoms with Crippen LogP contribution in [0.2, 0.25) is 0 Å². The van der Waals surface area contributed by atoms with E-state index in [2.05, 4.69) is 4.98 Å². The lowest BCUT2D eigenvalue weighted by molar-refractivity contribution is 0.0650. The molecule has 1 amide bonds. The van der Waals surface area contributed by atoms with Gasteiger partial charge in [0.05, 0.1) is 24.4 Å². The molecule has 29 heavy (non-hydrogen) atoms. The zero-order chi connectivity index (χ0) is 20.4. The molecule has 0 saturated carbocycles. The van der Waals surface area contributed by atoms with Crippen LogP contribution in [0.25, 0.3) is 10.2 Å². The van der Waals surface area contributed by atoms with Gasteiger partial charge in [-0.15, -0.1) is 11.3 Å². The first-order valence-electron chi connectivity index (χ1n) is 9.52. The number of amides is 1. The summed E-state index contributed by atoms with van der Waals surface area (Å²) in [6.45, 7) is 1.10. The van der Waals surface area contributed by atoms with Crippen molar-refractivity contribution in [3.63, 3.8) is 0 Å². The molecule has 0 N–H and O–H groups in total. The average Bonchev–Trinajstić information content (AvgIpc) is 3.22. The maximum atomic E-state index is 12.9. The van der Waals surface area contributed by atoms with Gasteiger partial charge < -0.3 is 14.4 Å². The van der Waals surface area contributed by atoms with E-state index >= 15 is 0 Å². The topological polar surface area (TPSA) is 68.7 Å². The lowest BCUT2D eigenvalue weighted by atomic mass is 9.92. The van der Waals surface area contributed by atoms with E-state index in [1.807, 2.05) is 24.3 Å². The number of carbonyl (C=O) groups is 2. The van der Waals surface area contributed by atoms with Crippen molar-refractivity contribution >= 4 is 33.2 Å². The molecule has 0 bridgehead atoms. The predicted octanol–water partition coefficient (Wildman–Crippen LogP) is 4.05. The van der Waals surface area contributed by atoms with E-state index in [9.17, 15) is 9.59 Å². The number of rotatable bonds is 5. The van der Waals surface area contributed by atoms with Crippen LogP contribution in [0.5, 0.6) is 11.5 Å². The van der Waals surface area contributed by atoms with Crippen molar-refractivity contribution in [2.45, 2.75) is 12.8 Å². The first-order valence-corrected chi connectivity index (χ1v) is 10.3. The summed E-state index contributed by atoms with van der Waals surface area (Å²) in [7, 11) is 3.11. The average molecular weight is 410 g/mol. The van der Waals surface area contributed by atoms with E-state index in [0.717, 1.165) is 10.2 Å². The highest BCUT2D eigenvalue weighted by molar-refractivity contribution is 7.20. The van der Waals surface area contributed by atoms with Gasteiger partial charge in [-0.05, 0) is 43.2 Å². The third-order valence-corrected chi connectivity index (χ3v) is 6.34. The van der Waals surface area contributed by atoms with Gasteiger partial charge in [0.2, 0.25) is 0 Å². The Kier molecular flexibility index (Phi) is 5.49. The molecule has 2 aromatic carbocycles. The first kappa shape index (κ1) is 19.4. The number of ketones is 1. The van der Waals surface area contributed by atoms with Crippen LogP contribution in [0.15, 0.2) is 42.5 Å². The van der Waals surface area contributed by atoms with E-state index in [4.69, 9.17) is 9.47 Å². The standard InChI is InChI=1S/C22H22N2O4S/c1-27-17-8-7-15(13-18(17)28-2)22(26)24-11-9-14(10-12-24)20(25)21-23-16-5-3-4-6-19(16)29-21/h3-8,13-14H,9-12H2,1-2H3. The Morgan fingerprint density at radius 1 is 1.03 bits per heavy atom. The molecule has 4 rings (SSSR count). The number of piperidine rings is 1. The number of nitrogens with zero attached hydrogens (tertiary/aromatic N) is 2. The Balaban J connectivity index is 1.42. The fraction of sp³-hybridized carbons (Fsp3) is 0.318. The Morgan fingerprint density at radius 3 is 2.45 bits per heavy atom. The number of aromatic nitrogens is 1.